The fraction of sp³-hybridized carbons (Fsp3) is 0.917. The molecule has 92 valence electrons. The lowest BCUT2D eigenvalue weighted by atomic mass is 9.94. The number of nitrogens with one attached hydrogen (secondary N) is 1. The van der Waals surface area contributed by atoms with E-state index in [-0.39, 0.29) is 11.7 Å². The van der Waals surface area contributed by atoms with Crippen molar-refractivity contribution in [3.05, 3.63) is 0 Å². The van der Waals surface area contributed by atoms with Crippen molar-refractivity contribution in [1.82, 2.24) is 10.2 Å². The zero-order valence-electron chi connectivity index (χ0n) is 10.5. The van der Waals surface area contributed by atoms with E-state index in [4.69, 9.17) is 4.74 Å². The molecule has 2 fully saturated rings. The van der Waals surface area contributed by atoms with E-state index in [2.05, 4.69) is 5.32 Å². The van der Waals surface area contributed by atoms with Crippen LogP contribution in [0.15, 0.2) is 0 Å². The molecule has 4 heteroatoms. The molecule has 0 radical (unpaired) electrons. The van der Waals surface area contributed by atoms with E-state index in [0.717, 1.165) is 32.5 Å². The Balaban J connectivity index is 1.97. The van der Waals surface area contributed by atoms with Crippen LogP contribution in [0.3, 0.4) is 0 Å². The van der Waals surface area contributed by atoms with E-state index in [9.17, 15) is 4.79 Å². The molecule has 0 saturated carbocycles. The number of carbonyl (C=O) groups excluding carboxylic acids is 1. The molecule has 2 atom stereocenters. The second-order valence-corrected chi connectivity index (χ2v) is 5.78. The topological polar surface area (TPSA) is 41.6 Å². The molecule has 0 bridgehead atoms. The number of amides is 1. The fourth-order valence-corrected chi connectivity index (χ4v) is 2.63. The first-order chi connectivity index (χ1) is 7.47. The Morgan fingerprint density at radius 3 is 2.81 bits per heavy atom. The van der Waals surface area contributed by atoms with Gasteiger partial charge in [0.1, 0.15) is 5.60 Å². The van der Waals surface area contributed by atoms with Crippen LogP contribution < -0.4 is 5.32 Å². The Morgan fingerprint density at radius 2 is 2.12 bits per heavy atom. The summed E-state index contributed by atoms with van der Waals surface area (Å²) in [6.45, 7) is 8.67. The molecule has 0 aromatic carbocycles. The Morgan fingerprint density at radius 1 is 1.38 bits per heavy atom. The van der Waals surface area contributed by atoms with Gasteiger partial charge in [0.25, 0.3) is 0 Å². The molecule has 2 saturated heterocycles. The second-order valence-electron chi connectivity index (χ2n) is 5.78. The van der Waals surface area contributed by atoms with Crippen LogP contribution in [0.4, 0.5) is 4.79 Å². The van der Waals surface area contributed by atoms with Crippen molar-refractivity contribution >= 4 is 6.09 Å². The highest BCUT2D eigenvalue weighted by Crippen LogP contribution is 2.29. The van der Waals surface area contributed by atoms with Gasteiger partial charge in [-0.15, -0.1) is 0 Å². The summed E-state index contributed by atoms with van der Waals surface area (Å²) in [4.78, 5) is 13.9. The van der Waals surface area contributed by atoms with Crippen molar-refractivity contribution in [1.29, 1.82) is 0 Å². The molecule has 1 amide bonds. The molecule has 0 aromatic rings. The van der Waals surface area contributed by atoms with E-state index in [1.807, 2.05) is 25.7 Å². The predicted molar refractivity (Wildman–Crippen MR) is 62.3 cm³/mol. The number of nitrogens with zero attached hydrogens (tertiary/aromatic N) is 1. The first-order valence-corrected chi connectivity index (χ1v) is 6.18. The first-order valence-electron chi connectivity index (χ1n) is 6.18. The van der Waals surface area contributed by atoms with Crippen LogP contribution in [0.2, 0.25) is 0 Å². The maximum Gasteiger partial charge on any atom is 0.410 e. The van der Waals surface area contributed by atoms with Crippen LogP contribution in [0.5, 0.6) is 0 Å². The van der Waals surface area contributed by atoms with Crippen molar-refractivity contribution in [3.8, 4) is 0 Å². The van der Waals surface area contributed by atoms with Gasteiger partial charge in [0.05, 0.1) is 0 Å². The van der Waals surface area contributed by atoms with Gasteiger partial charge in [-0.2, -0.15) is 0 Å². The number of ether oxygens (including phenoxy) is 1. The largest absolute Gasteiger partial charge is 0.444 e. The molecule has 0 aliphatic carbocycles. The number of likely N-dealkylation sites (tertiary alicyclic amines) is 1. The zero-order valence-corrected chi connectivity index (χ0v) is 10.5. The summed E-state index contributed by atoms with van der Waals surface area (Å²) in [7, 11) is 0. The average molecular weight is 226 g/mol. The average Bonchev–Trinajstić information content (AvgIpc) is 2.58. The lowest BCUT2D eigenvalue weighted by molar-refractivity contribution is 0.0189. The Hall–Kier alpha value is -0.770. The summed E-state index contributed by atoms with van der Waals surface area (Å²) in [5.41, 5.74) is -0.387. The number of hydrogen-bond donors (Lipinski definition) is 1. The Kier molecular flexibility index (Phi) is 3.10. The number of piperidine rings is 1. The van der Waals surface area contributed by atoms with Gasteiger partial charge < -0.3 is 15.0 Å². The van der Waals surface area contributed by atoms with E-state index in [1.165, 1.54) is 0 Å². The molecule has 2 rings (SSSR count). The van der Waals surface area contributed by atoms with Gasteiger partial charge in [0.2, 0.25) is 0 Å². The molecule has 0 aromatic heterocycles. The lowest BCUT2D eigenvalue weighted by Gasteiger charge is -2.33. The van der Waals surface area contributed by atoms with Gasteiger partial charge in [0.15, 0.2) is 0 Å². The van der Waals surface area contributed by atoms with Crippen LogP contribution in [0.1, 0.15) is 33.6 Å². The minimum Gasteiger partial charge on any atom is -0.444 e. The molecular formula is C12H22N2O2. The van der Waals surface area contributed by atoms with E-state index >= 15 is 0 Å². The highest BCUT2D eigenvalue weighted by molar-refractivity contribution is 5.69. The van der Waals surface area contributed by atoms with Gasteiger partial charge in [-0.1, -0.05) is 0 Å². The van der Waals surface area contributed by atoms with Crippen molar-refractivity contribution in [2.24, 2.45) is 5.92 Å². The summed E-state index contributed by atoms with van der Waals surface area (Å²) in [5.74, 6) is 0.626. The third-order valence-corrected chi connectivity index (χ3v) is 3.34. The van der Waals surface area contributed by atoms with Crippen LogP contribution in [-0.2, 0) is 4.74 Å². The van der Waals surface area contributed by atoms with Gasteiger partial charge in [-0.05, 0) is 52.6 Å². The monoisotopic (exact) mass is 226 g/mol. The van der Waals surface area contributed by atoms with E-state index < -0.39 is 0 Å². The SMILES string of the molecule is CC(C)(C)OC(=O)N1CC[C@@H]2CNCC[C@H]21. The van der Waals surface area contributed by atoms with Crippen molar-refractivity contribution in [2.75, 3.05) is 19.6 Å². The Bertz CT molecular complexity index is 273. The quantitative estimate of drug-likeness (QED) is 0.682. The molecule has 0 unspecified atom stereocenters. The zero-order chi connectivity index (χ0) is 11.8. The summed E-state index contributed by atoms with van der Waals surface area (Å²) in [6.07, 6.45) is 2.03. The molecule has 16 heavy (non-hydrogen) atoms. The fourth-order valence-electron chi connectivity index (χ4n) is 2.63. The van der Waals surface area contributed by atoms with Crippen LogP contribution >= 0.6 is 0 Å². The maximum absolute atomic E-state index is 12.0. The van der Waals surface area contributed by atoms with Crippen LogP contribution in [0, 0.1) is 5.92 Å². The number of rotatable bonds is 0. The summed E-state index contributed by atoms with van der Waals surface area (Å²) < 4.78 is 5.44. The Labute approximate surface area is 97.3 Å². The van der Waals surface area contributed by atoms with Gasteiger partial charge in [-0.3, -0.25) is 0 Å². The molecule has 4 nitrogen and oxygen atoms in total. The number of hydrogen-bond acceptors (Lipinski definition) is 3. The predicted octanol–water partition coefficient (Wildman–Crippen LogP) is 1.61. The molecule has 2 aliphatic rings. The maximum atomic E-state index is 12.0. The van der Waals surface area contributed by atoms with Gasteiger partial charge in [-0.25, -0.2) is 4.79 Å². The lowest BCUT2D eigenvalue weighted by Crippen LogP contribution is -2.47. The molecular weight excluding hydrogens is 204 g/mol. The molecule has 0 spiro atoms. The third kappa shape index (κ3) is 2.48. The van der Waals surface area contributed by atoms with Crippen LogP contribution in [-0.4, -0.2) is 42.3 Å². The summed E-state index contributed by atoms with van der Waals surface area (Å²) in [6, 6.07) is 0.399. The third-order valence-electron chi connectivity index (χ3n) is 3.34. The summed E-state index contributed by atoms with van der Waals surface area (Å²) in [5, 5.41) is 3.39. The van der Waals surface area contributed by atoms with Crippen molar-refractivity contribution in [3.63, 3.8) is 0 Å². The van der Waals surface area contributed by atoms with Crippen molar-refractivity contribution in [2.45, 2.75) is 45.3 Å². The molecule has 2 heterocycles. The van der Waals surface area contributed by atoms with Gasteiger partial charge in [0, 0.05) is 12.6 Å². The number of fused-ring (bicyclic) bond motifs is 1. The van der Waals surface area contributed by atoms with Crippen molar-refractivity contribution < 1.29 is 9.53 Å². The molecule has 2 aliphatic heterocycles. The smallest absolute Gasteiger partial charge is 0.410 e. The molecule has 1 N–H and O–H groups in total. The highest BCUT2D eigenvalue weighted by atomic mass is 16.6. The van der Waals surface area contributed by atoms with E-state index in [1.54, 1.807) is 0 Å². The van der Waals surface area contributed by atoms with Crippen LogP contribution in [0.25, 0.3) is 0 Å². The second kappa shape index (κ2) is 4.24. The first kappa shape index (κ1) is 11.7. The summed E-state index contributed by atoms with van der Waals surface area (Å²) >= 11 is 0. The van der Waals surface area contributed by atoms with Gasteiger partial charge >= 0.3 is 6.09 Å². The van der Waals surface area contributed by atoms with E-state index in [0.29, 0.717) is 12.0 Å². The minimum absolute atomic E-state index is 0.137. The standard InChI is InChI=1S/C12H22N2O2/c1-12(2,3)16-11(15)14-7-5-9-8-13-6-4-10(9)14/h9-10,13H,4-8H2,1-3H3/t9-,10-/m1/s1. The highest BCUT2D eigenvalue weighted by Gasteiger charge is 2.39. The minimum atomic E-state index is -0.387. The number of carbonyl (C=O) groups is 1. The normalized spacial score (nSPS) is 30.1.